The van der Waals surface area contributed by atoms with Crippen LogP contribution in [0.15, 0.2) is 30.3 Å². The summed E-state index contributed by atoms with van der Waals surface area (Å²) in [6.07, 6.45) is 0.781. The van der Waals surface area contributed by atoms with Crippen molar-refractivity contribution in [2.24, 2.45) is 11.5 Å². The molecule has 1 unspecified atom stereocenters. The fraction of sp³-hybridized carbons (Fsp3) is 0.333. The quantitative estimate of drug-likeness (QED) is 0.869. The van der Waals surface area contributed by atoms with E-state index in [1.165, 1.54) is 0 Å². The van der Waals surface area contributed by atoms with Gasteiger partial charge in [-0.1, -0.05) is 25.1 Å². The van der Waals surface area contributed by atoms with Crippen LogP contribution in [-0.4, -0.2) is 23.0 Å². The third-order valence-corrected chi connectivity index (χ3v) is 3.32. The largest absolute Gasteiger partial charge is 0.476 e. The molecule has 0 fully saturated rings. The van der Waals surface area contributed by atoms with Crippen molar-refractivity contribution < 1.29 is 9.53 Å². The van der Waals surface area contributed by atoms with Crippen LogP contribution < -0.4 is 16.2 Å². The molecule has 0 aliphatic rings. The lowest BCUT2D eigenvalue weighted by Crippen LogP contribution is -2.41. The van der Waals surface area contributed by atoms with Crippen molar-refractivity contribution in [2.75, 3.05) is 6.61 Å². The van der Waals surface area contributed by atoms with E-state index in [0.29, 0.717) is 23.6 Å². The van der Waals surface area contributed by atoms with Crippen molar-refractivity contribution in [3.8, 4) is 5.88 Å². The summed E-state index contributed by atoms with van der Waals surface area (Å²) in [4.78, 5) is 15.9. The number of primary amides is 1. The number of benzene rings is 1. The van der Waals surface area contributed by atoms with Crippen LogP contribution in [0.5, 0.6) is 5.88 Å². The number of carbonyl (C=O) groups is 1. The Bertz CT molecular complexity index is 638. The Morgan fingerprint density at radius 2 is 2.10 bits per heavy atom. The van der Waals surface area contributed by atoms with Crippen molar-refractivity contribution in [3.63, 3.8) is 0 Å². The number of aromatic nitrogens is 1. The molecule has 0 aliphatic heterocycles. The van der Waals surface area contributed by atoms with Crippen molar-refractivity contribution >= 4 is 16.8 Å². The maximum Gasteiger partial charge on any atom is 0.249 e. The number of ether oxygens (including phenoxy) is 1. The average molecular weight is 273 g/mol. The van der Waals surface area contributed by atoms with Crippen LogP contribution in [-0.2, 0) is 0 Å². The van der Waals surface area contributed by atoms with Crippen molar-refractivity contribution in [3.05, 3.63) is 35.9 Å². The van der Waals surface area contributed by atoms with Gasteiger partial charge < -0.3 is 16.2 Å². The lowest BCUT2D eigenvalue weighted by Gasteiger charge is -2.22. The van der Waals surface area contributed by atoms with Gasteiger partial charge in [0.1, 0.15) is 6.61 Å². The minimum Gasteiger partial charge on any atom is -0.476 e. The molecule has 4 N–H and O–H groups in total. The Kier molecular flexibility index (Phi) is 3.90. The summed E-state index contributed by atoms with van der Waals surface area (Å²) in [7, 11) is 0. The van der Waals surface area contributed by atoms with Crippen molar-refractivity contribution in [1.82, 2.24) is 4.98 Å². The molecule has 0 spiro atoms. The molecule has 1 atom stereocenters. The zero-order valence-electron chi connectivity index (χ0n) is 11.7. The topological polar surface area (TPSA) is 91.2 Å². The number of pyridine rings is 1. The lowest BCUT2D eigenvalue weighted by atomic mass is 10.0. The first kappa shape index (κ1) is 14.3. The lowest BCUT2D eigenvalue weighted by molar-refractivity contribution is 0.100. The number of carbonyl (C=O) groups excluding carboxylic acids is 1. The number of hydrogen-bond donors (Lipinski definition) is 2. The SMILES string of the molecule is CCC(C)(N)COc1cc(C(N)=O)c2ccccc2n1. The Labute approximate surface area is 117 Å². The third-order valence-electron chi connectivity index (χ3n) is 3.32. The second kappa shape index (κ2) is 5.46. The van der Waals surface area contributed by atoms with E-state index in [1.54, 1.807) is 6.07 Å². The molecular formula is C15H19N3O2. The van der Waals surface area contributed by atoms with E-state index in [0.717, 1.165) is 11.8 Å². The van der Waals surface area contributed by atoms with E-state index in [2.05, 4.69) is 4.98 Å². The van der Waals surface area contributed by atoms with E-state index in [-0.39, 0.29) is 0 Å². The number of fused-ring (bicyclic) bond motifs is 1. The predicted octanol–water partition coefficient (Wildman–Crippen LogP) is 1.84. The molecule has 0 aliphatic carbocycles. The summed E-state index contributed by atoms with van der Waals surface area (Å²) >= 11 is 0. The minimum atomic E-state index is -0.501. The van der Waals surface area contributed by atoms with Gasteiger partial charge in [-0.3, -0.25) is 4.79 Å². The summed E-state index contributed by atoms with van der Waals surface area (Å²) in [5.74, 6) is -0.137. The second-order valence-corrected chi connectivity index (χ2v) is 5.19. The molecule has 1 amide bonds. The summed E-state index contributed by atoms with van der Waals surface area (Å²) in [5.41, 5.74) is 12.1. The molecule has 5 nitrogen and oxygen atoms in total. The highest BCUT2D eigenvalue weighted by Crippen LogP contribution is 2.22. The van der Waals surface area contributed by atoms with Gasteiger partial charge in [0, 0.05) is 17.0 Å². The number of para-hydroxylation sites is 1. The molecule has 0 bridgehead atoms. The zero-order chi connectivity index (χ0) is 14.8. The summed E-state index contributed by atoms with van der Waals surface area (Å²) in [5, 5.41) is 0.721. The van der Waals surface area contributed by atoms with Gasteiger partial charge in [-0.05, 0) is 19.4 Å². The number of hydrogen-bond acceptors (Lipinski definition) is 4. The number of amides is 1. The van der Waals surface area contributed by atoms with Gasteiger partial charge in [0.25, 0.3) is 0 Å². The Hall–Kier alpha value is -2.14. The average Bonchev–Trinajstić information content (AvgIpc) is 2.44. The first-order chi connectivity index (χ1) is 9.43. The first-order valence-electron chi connectivity index (χ1n) is 6.54. The van der Waals surface area contributed by atoms with Crippen molar-refractivity contribution in [1.29, 1.82) is 0 Å². The number of nitrogens with zero attached hydrogens (tertiary/aromatic N) is 1. The van der Waals surface area contributed by atoms with Gasteiger partial charge in [-0.2, -0.15) is 0 Å². The van der Waals surface area contributed by atoms with Crippen LogP contribution in [0, 0.1) is 0 Å². The Morgan fingerprint density at radius 1 is 1.40 bits per heavy atom. The minimum absolute atomic E-state index is 0.326. The number of rotatable bonds is 5. The fourth-order valence-electron chi connectivity index (χ4n) is 1.77. The molecule has 0 saturated heterocycles. The van der Waals surface area contributed by atoms with E-state index in [9.17, 15) is 4.79 Å². The molecule has 2 aromatic rings. The van der Waals surface area contributed by atoms with Gasteiger partial charge >= 0.3 is 0 Å². The van der Waals surface area contributed by atoms with Crippen LogP contribution in [0.4, 0.5) is 0 Å². The standard InChI is InChI=1S/C15H19N3O2/c1-3-15(2,17)9-20-13-8-11(14(16)19)10-6-4-5-7-12(10)18-13/h4-8H,3,9,17H2,1-2H3,(H2,16,19). The van der Waals surface area contributed by atoms with E-state index in [4.69, 9.17) is 16.2 Å². The van der Waals surface area contributed by atoms with Crippen LogP contribution in [0.1, 0.15) is 30.6 Å². The maximum atomic E-state index is 11.5. The summed E-state index contributed by atoms with van der Waals surface area (Å²) in [6, 6.07) is 8.88. The van der Waals surface area contributed by atoms with Gasteiger partial charge in [0.2, 0.25) is 11.8 Å². The molecule has 106 valence electrons. The summed E-state index contributed by atoms with van der Waals surface area (Å²) < 4.78 is 5.62. The highest BCUT2D eigenvalue weighted by Gasteiger charge is 2.18. The van der Waals surface area contributed by atoms with Crippen LogP contribution in [0.2, 0.25) is 0 Å². The maximum absolute atomic E-state index is 11.5. The Balaban J connectivity index is 2.38. The highest BCUT2D eigenvalue weighted by molar-refractivity contribution is 6.05. The summed E-state index contributed by atoms with van der Waals surface area (Å²) in [6.45, 7) is 4.22. The molecular weight excluding hydrogens is 254 g/mol. The van der Waals surface area contributed by atoms with Gasteiger partial charge in [0.15, 0.2) is 0 Å². The molecule has 2 rings (SSSR count). The molecule has 1 aromatic carbocycles. The molecule has 1 heterocycles. The van der Waals surface area contributed by atoms with Crippen LogP contribution >= 0.6 is 0 Å². The second-order valence-electron chi connectivity index (χ2n) is 5.19. The smallest absolute Gasteiger partial charge is 0.249 e. The van der Waals surface area contributed by atoms with E-state index in [1.807, 2.05) is 38.1 Å². The van der Waals surface area contributed by atoms with Crippen LogP contribution in [0.25, 0.3) is 10.9 Å². The fourth-order valence-corrected chi connectivity index (χ4v) is 1.77. The van der Waals surface area contributed by atoms with Crippen LogP contribution in [0.3, 0.4) is 0 Å². The van der Waals surface area contributed by atoms with E-state index < -0.39 is 11.4 Å². The normalized spacial score (nSPS) is 13.9. The molecule has 20 heavy (non-hydrogen) atoms. The molecule has 1 aromatic heterocycles. The molecule has 0 radical (unpaired) electrons. The van der Waals surface area contributed by atoms with Gasteiger partial charge in [-0.25, -0.2) is 4.98 Å². The predicted molar refractivity (Wildman–Crippen MR) is 78.6 cm³/mol. The monoisotopic (exact) mass is 273 g/mol. The van der Waals surface area contributed by atoms with Gasteiger partial charge in [0.05, 0.1) is 11.1 Å². The highest BCUT2D eigenvalue weighted by atomic mass is 16.5. The Morgan fingerprint density at radius 3 is 2.75 bits per heavy atom. The number of nitrogens with two attached hydrogens (primary N) is 2. The zero-order valence-corrected chi connectivity index (χ0v) is 11.7. The third kappa shape index (κ3) is 3.05. The molecule has 0 saturated carbocycles. The first-order valence-corrected chi connectivity index (χ1v) is 6.54. The molecule has 5 heteroatoms. The van der Waals surface area contributed by atoms with Crippen molar-refractivity contribution in [2.45, 2.75) is 25.8 Å². The van der Waals surface area contributed by atoms with E-state index >= 15 is 0 Å². The van der Waals surface area contributed by atoms with Gasteiger partial charge in [-0.15, -0.1) is 0 Å².